The lowest BCUT2D eigenvalue weighted by molar-refractivity contribution is 0.00837. The van der Waals surface area contributed by atoms with Crippen molar-refractivity contribution in [2.75, 3.05) is 13.2 Å². The maximum absolute atomic E-state index is 10.9. The summed E-state index contributed by atoms with van der Waals surface area (Å²) in [6, 6.07) is 6.21. The second kappa shape index (κ2) is 6.92. The highest BCUT2D eigenvalue weighted by atomic mass is 32.1. The molecule has 5 rings (SSSR count). The summed E-state index contributed by atoms with van der Waals surface area (Å²) in [5.74, 6) is 0.261. The average Bonchev–Trinajstić information content (AvgIpc) is 3.26. The first-order chi connectivity index (χ1) is 13.6. The fourth-order valence-corrected chi connectivity index (χ4v) is 5.24. The Bertz CT molecular complexity index is 1160. The summed E-state index contributed by atoms with van der Waals surface area (Å²) in [7, 11) is 1.89. The van der Waals surface area contributed by atoms with Crippen LogP contribution in [0.2, 0.25) is 0 Å². The molecule has 4 aromatic heterocycles. The summed E-state index contributed by atoms with van der Waals surface area (Å²) >= 11 is 1.60. The molecule has 1 aliphatic heterocycles. The molecule has 0 bridgehead atoms. The van der Waals surface area contributed by atoms with Crippen LogP contribution in [0.15, 0.2) is 30.6 Å². The van der Waals surface area contributed by atoms with Gasteiger partial charge in [0.25, 0.3) is 0 Å². The fourth-order valence-electron chi connectivity index (χ4n) is 3.98. The van der Waals surface area contributed by atoms with Crippen molar-refractivity contribution in [2.45, 2.75) is 25.9 Å². The van der Waals surface area contributed by atoms with Crippen molar-refractivity contribution < 1.29 is 9.84 Å². The lowest BCUT2D eigenvalue weighted by atomic mass is 9.91. The Kier molecular flexibility index (Phi) is 4.38. The molecule has 0 radical (unpaired) electrons. The van der Waals surface area contributed by atoms with Gasteiger partial charge in [0.2, 0.25) is 0 Å². The summed E-state index contributed by atoms with van der Waals surface area (Å²) in [4.78, 5) is 11.3. The summed E-state index contributed by atoms with van der Waals surface area (Å²) in [6.45, 7) is 3.55. The molecule has 1 fully saturated rings. The smallest absolute Gasteiger partial charge is 0.181 e. The number of thiophene rings is 1. The minimum Gasteiger partial charge on any atom is -0.387 e. The van der Waals surface area contributed by atoms with E-state index in [-0.39, 0.29) is 5.92 Å². The third-order valence-electron chi connectivity index (χ3n) is 5.59. The fraction of sp³-hybridized carbons (Fsp3) is 0.381. The van der Waals surface area contributed by atoms with Crippen LogP contribution >= 0.6 is 11.3 Å². The zero-order valence-corrected chi connectivity index (χ0v) is 16.7. The van der Waals surface area contributed by atoms with Crippen molar-refractivity contribution in [1.29, 1.82) is 0 Å². The number of hydrogen-bond donors (Lipinski definition) is 1. The Hall–Kier alpha value is -2.35. The van der Waals surface area contributed by atoms with Crippen molar-refractivity contribution in [1.82, 2.24) is 19.7 Å². The normalized spacial score (nSPS) is 16.8. The van der Waals surface area contributed by atoms with E-state index in [0.717, 1.165) is 69.0 Å². The van der Waals surface area contributed by atoms with Gasteiger partial charge in [0.05, 0.1) is 11.8 Å². The molecule has 1 saturated heterocycles. The van der Waals surface area contributed by atoms with Gasteiger partial charge < -0.3 is 9.84 Å². The molecule has 0 unspecified atom stereocenters. The van der Waals surface area contributed by atoms with E-state index < -0.39 is 6.10 Å². The number of aliphatic hydroxyl groups is 1. The van der Waals surface area contributed by atoms with Crippen molar-refractivity contribution in [3.63, 3.8) is 0 Å². The maximum Gasteiger partial charge on any atom is 0.181 e. The van der Waals surface area contributed by atoms with Gasteiger partial charge in [-0.05, 0) is 49.4 Å². The minimum atomic E-state index is -0.444. The average molecular weight is 395 g/mol. The molecule has 144 valence electrons. The van der Waals surface area contributed by atoms with Crippen LogP contribution in [0.5, 0.6) is 0 Å². The van der Waals surface area contributed by atoms with Crippen molar-refractivity contribution in [3.8, 4) is 11.3 Å². The minimum absolute atomic E-state index is 0.261. The molecule has 5 heterocycles. The number of rotatable bonds is 3. The van der Waals surface area contributed by atoms with E-state index in [1.165, 1.54) is 0 Å². The predicted molar refractivity (Wildman–Crippen MR) is 110 cm³/mol. The number of hydrogen-bond acceptors (Lipinski definition) is 6. The number of fused-ring (bicyclic) bond motifs is 2. The molecular formula is C21H22N4O2S. The van der Waals surface area contributed by atoms with Crippen LogP contribution < -0.4 is 0 Å². The third kappa shape index (κ3) is 2.99. The van der Waals surface area contributed by atoms with Crippen LogP contribution in [0.25, 0.3) is 32.5 Å². The molecule has 7 heteroatoms. The molecule has 28 heavy (non-hydrogen) atoms. The van der Waals surface area contributed by atoms with Gasteiger partial charge in [0.1, 0.15) is 4.83 Å². The largest absolute Gasteiger partial charge is 0.387 e. The lowest BCUT2D eigenvalue weighted by Gasteiger charge is -2.26. The molecule has 1 N–H and O–H groups in total. The predicted octanol–water partition coefficient (Wildman–Crippen LogP) is 4.01. The SMILES string of the molecule is Cc1c([C@@H](O)C2CCOCC2)sc2nc(-c3cnc4nn(C)cc4c3)ccc12. The highest BCUT2D eigenvalue weighted by molar-refractivity contribution is 7.18. The molecule has 0 amide bonds. The lowest BCUT2D eigenvalue weighted by Crippen LogP contribution is -2.21. The zero-order chi connectivity index (χ0) is 19.3. The van der Waals surface area contributed by atoms with Crippen LogP contribution in [-0.2, 0) is 11.8 Å². The van der Waals surface area contributed by atoms with Crippen LogP contribution in [0.3, 0.4) is 0 Å². The molecule has 0 aromatic carbocycles. The van der Waals surface area contributed by atoms with Crippen molar-refractivity contribution in [2.24, 2.45) is 13.0 Å². The van der Waals surface area contributed by atoms with Crippen molar-refractivity contribution in [3.05, 3.63) is 41.0 Å². The Morgan fingerprint density at radius 2 is 2.11 bits per heavy atom. The number of nitrogens with zero attached hydrogens (tertiary/aromatic N) is 4. The molecule has 0 saturated carbocycles. The van der Waals surface area contributed by atoms with E-state index in [2.05, 4.69) is 29.1 Å². The van der Waals surface area contributed by atoms with E-state index in [1.807, 2.05) is 25.5 Å². The Morgan fingerprint density at radius 1 is 1.29 bits per heavy atom. The summed E-state index contributed by atoms with van der Waals surface area (Å²) in [5.41, 5.74) is 3.74. The van der Waals surface area contributed by atoms with E-state index >= 15 is 0 Å². The first-order valence-corrected chi connectivity index (χ1v) is 10.4. The number of aryl methyl sites for hydroxylation is 2. The van der Waals surface area contributed by atoms with Crippen LogP contribution in [0, 0.1) is 12.8 Å². The highest BCUT2D eigenvalue weighted by Crippen LogP contribution is 2.40. The molecule has 4 aromatic rings. The number of aromatic nitrogens is 4. The van der Waals surface area contributed by atoms with Gasteiger partial charge in [-0.15, -0.1) is 11.3 Å². The van der Waals surface area contributed by atoms with E-state index in [1.54, 1.807) is 16.0 Å². The standard InChI is InChI=1S/C21H22N4O2S/c1-12-16-3-4-17(14-9-15-11-25(2)24-20(15)22-10-14)23-21(16)28-19(12)18(26)13-5-7-27-8-6-13/h3-4,9-11,13,18,26H,5-8H2,1-2H3/t18-/m0/s1. The first-order valence-electron chi connectivity index (χ1n) is 9.56. The summed E-state index contributed by atoms with van der Waals surface area (Å²) in [6.07, 6.45) is 5.15. The number of pyridine rings is 2. The van der Waals surface area contributed by atoms with Crippen molar-refractivity contribution >= 4 is 32.6 Å². The van der Waals surface area contributed by atoms with Gasteiger partial charge in [-0.1, -0.05) is 0 Å². The van der Waals surface area contributed by atoms with E-state index in [0.29, 0.717) is 0 Å². The van der Waals surface area contributed by atoms with Gasteiger partial charge in [0.15, 0.2) is 5.65 Å². The van der Waals surface area contributed by atoms with E-state index in [4.69, 9.17) is 9.72 Å². The third-order valence-corrected chi connectivity index (χ3v) is 6.86. The van der Waals surface area contributed by atoms with Gasteiger partial charge in [0, 0.05) is 53.9 Å². The van der Waals surface area contributed by atoms with Gasteiger partial charge in [-0.3, -0.25) is 4.68 Å². The molecule has 6 nitrogen and oxygen atoms in total. The quantitative estimate of drug-likeness (QED) is 0.568. The van der Waals surface area contributed by atoms with Gasteiger partial charge >= 0.3 is 0 Å². The van der Waals surface area contributed by atoms with Gasteiger partial charge in [-0.25, -0.2) is 9.97 Å². The summed E-state index contributed by atoms with van der Waals surface area (Å²) in [5, 5.41) is 17.4. The Balaban J connectivity index is 1.53. The van der Waals surface area contributed by atoms with Gasteiger partial charge in [-0.2, -0.15) is 5.10 Å². The monoisotopic (exact) mass is 394 g/mol. The topological polar surface area (TPSA) is 73.1 Å². The molecule has 1 atom stereocenters. The molecule has 1 aliphatic rings. The van der Waals surface area contributed by atoms with E-state index in [9.17, 15) is 5.11 Å². The zero-order valence-electron chi connectivity index (χ0n) is 15.9. The molecule has 0 spiro atoms. The summed E-state index contributed by atoms with van der Waals surface area (Å²) < 4.78 is 7.21. The number of aliphatic hydroxyl groups excluding tert-OH is 1. The highest BCUT2D eigenvalue weighted by Gasteiger charge is 2.27. The van der Waals surface area contributed by atoms with Crippen LogP contribution in [-0.4, -0.2) is 38.1 Å². The maximum atomic E-state index is 10.9. The second-order valence-corrected chi connectivity index (χ2v) is 8.51. The van der Waals surface area contributed by atoms with Crippen LogP contribution in [0.4, 0.5) is 0 Å². The molecule has 0 aliphatic carbocycles. The van der Waals surface area contributed by atoms with Crippen LogP contribution in [0.1, 0.15) is 29.4 Å². The second-order valence-electron chi connectivity index (χ2n) is 7.47. The Labute approximate surface area is 166 Å². The first kappa shape index (κ1) is 17.7. The molecular weight excluding hydrogens is 372 g/mol. The number of ether oxygens (including phenoxy) is 1. The Morgan fingerprint density at radius 3 is 2.93 bits per heavy atom.